The summed E-state index contributed by atoms with van der Waals surface area (Å²) in [6.07, 6.45) is 4.67. The lowest BCUT2D eigenvalue weighted by Gasteiger charge is -2.16. The van der Waals surface area contributed by atoms with Gasteiger partial charge in [0.05, 0.1) is 24.5 Å². The monoisotopic (exact) mass is 392 g/mol. The fourth-order valence-corrected chi connectivity index (χ4v) is 3.44. The molecule has 8 nitrogen and oxygen atoms in total. The molecule has 0 radical (unpaired) electrons. The van der Waals surface area contributed by atoms with Crippen LogP contribution >= 0.6 is 11.3 Å². The van der Waals surface area contributed by atoms with Crippen molar-refractivity contribution in [3.63, 3.8) is 0 Å². The zero-order valence-corrected chi connectivity index (χ0v) is 17.4. The van der Waals surface area contributed by atoms with Crippen LogP contribution in [0.3, 0.4) is 0 Å². The van der Waals surface area contributed by atoms with E-state index in [-0.39, 0.29) is 12.0 Å². The van der Waals surface area contributed by atoms with Gasteiger partial charge in [-0.05, 0) is 39.7 Å². The predicted octanol–water partition coefficient (Wildman–Crippen LogP) is 2.22. The zero-order chi connectivity index (χ0) is 19.8. The van der Waals surface area contributed by atoms with Crippen molar-refractivity contribution in [1.29, 1.82) is 0 Å². The Morgan fingerprint density at radius 1 is 1.44 bits per heavy atom. The van der Waals surface area contributed by atoms with Crippen molar-refractivity contribution < 1.29 is 9.53 Å². The van der Waals surface area contributed by atoms with Crippen LogP contribution < -0.4 is 10.6 Å². The summed E-state index contributed by atoms with van der Waals surface area (Å²) in [4.78, 5) is 21.7. The van der Waals surface area contributed by atoms with Gasteiger partial charge < -0.3 is 15.4 Å². The molecule has 2 rings (SSSR count). The van der Waals surface area contributed by atoms with Gasteiger partial charge in [-0.25, -0.2) is 9.78 Å². The first-order chi connectivity index (χ1) is 12.9. The molecule has 1 atom stereocenters. The van der Waals surface area contributed by atoms with Gasteiger partial charge in [-0.15, -0.1) is 11.3 Å². The Morgan fingerprint density at radius 3 is 2.85 bits per heavy atom. The van der Waals surface area contributed by atoms with Gasteiger partial charge in [0.25, 0.3) is 0 Å². The van der Waals surface area contributed by atoms with Gasteiger partial charge in [0.2, 0.25) is 0 Å². The molecule has 2 aromatic heterocycles. The standard InChI is InChI=1S/C18H28N6O2S/c1-6-19-18(20-9-8-14-10-21-24(5)11-14)23-13(4)16-22-12(3)15(27-16)17(25)26-7-2/h10-11,13H,6-9H2,1-5H3,(H2,19,20,23). The first-order valence-electron chi connectivity index (χ1n) is 9.11. The Hall–Kier alpha value is -2.42. The van der Waals surface area contributed by atoms with Crippen molar-refractivity contribution in [1.82, 2.24) is 25.4 Å². The molecule has 1 unspecified atom stereocenters. The van der Waals surface area contributed by atoms with Crippen LogP contribution in [0.25, 0.3) is 0 Å². The number of aromatic nitrogens is 3. The lowest BCUT2D eigenvalue weighted by atomic mass is 10.2. The van der Waals surface area contributed by atoms with E-state index >= 15 is 0 Å². The van der Waals surface area contributed by atoms with Crippen molar-refractivity contribution in [3.05, 3.63) is 33.5 Å². The van der Waals surface area contributed by atoms with Crippen LogP contribution in [0.2, 0.25) is 0 Å². The van der Waals surface area contributed by atoms with Crippen molar-refractivity contribution in [3.8, 4) is 0 Å². The molecule has 2 heterocycles. The number of thiazole rings is 1. The number of guanidine groups is 1. The average molecular weight is 393 g/mol. The molecule has 27 heavy (non-hydrogen) atoms. The van der Waals surface area contributed by atoms with Gasteiger partial charge in [-0.1, -0.05) is 0 Å². The van der Waals surface area contributed by atoms with Crippen LogP contribution in [0.4, 0.5) is 0 Å². The summed E-state index contributed by atoms with van der Waals surface area (Å²) in [5.74, 6) is 0.405. The third kappa shape index (κ3) is 6.06. The number of hydrogen-bond donors (Lipinski definition) is 2. The molecule has 9 heteroatoms. The van der Waals surface area contributed by atoms with E-state index in [0.29, 0.717) is 23.7 Å². The SMILES string of the molecule is CCNC(=NCCc1cnn(C)c1)NC(C)c1nc(C)c(C(=O)OCC)s1. The number of ether oxygens (including phenoxy) is 1. The van der Waals surface area contributed by atoms with Crippen LogP contribution in [0.15, 0.2) is 17.4 Å². The quantitative estimate of drug-likeness (QED) is 0.406. The van der Waals surface area contributed by atoms with Gasteiger partial charge >= 0.3 is 5.97 Å². The molecule has 0 amide bonds. The number of aryl methyl sites for hydroxylation is 2. The van der Waals surface area contributed by atoms with Crippen molar-refractivity contribution in [2.45, 2.75) is 40.2 Å². The van der Waals surface area contributed by atoms with Crippen molar-refractivity contribution in [2.75, 3.05) is 19.7 Å². The molecule has 0 saturated heterocycles. The highest BCUT2D eigenvalue weighted by molar-refractivity contribution is 7.13. The number of rotatable bonds is 8. The van der Waals surface area contributed by atoms with E-state index in [1.54, 1.807) is 11.6 Å². The van der Waals surface area contributed by atoms with Crippen LogP contribution in [-0.2, 0) is 18.2 Å². The van der Waals surface area contributed by atoms with Crippen LogP contribution in [0.1, 0.15) is 52.7 Å². The molecule has 0 fully saturated rings. The minimum absolute atomic E-state index is 0.0759. The Labute approximate surface area is 164 Å². The number of carbonyl (C=O) groups excluding carboxylic acids is 1. The molecule has 0 aliphatic heterocycles. The summed E-state index contributed by atoms with van der Waals surface area (Å²) in [7, 11) is 1.90. The third-order valence-corrected chi connectivity index (χ3v) is 5.09. The molecule has 0 saturated carbocycles. The molecule has 2 N–H and O–H groups in total. The molecule has 148 valence electrons. The first kappa shape index (κ1) is 20.9. The average Bonchev–Trinajstić information content (AvgIpc) is 3.21. The minimum Gasteiger partial charge on any atom is -0.462 e. The number of hydrogen-bond acceptors (Lipinski definition) is 6. The lowest BCUT2D eigenvalue weighted by molar-refractivity contribution is 0.0531. The van der Waals surface area contributed by atoms with E-state index < -0.39 is 0 Å². The summed E-state index contributed by atoms with van der Waals surface area (Å²) in [5, 5.41) is 11.6. The van der Waals surface area contributed by atoms with E-state index in [2.05, 4.69) is 25.7 Å². The second-order valence-corrected chi connectivity index (χ2v) is 7.12. The maximum Gasteiger partial charge on any atom is 0.350 e. The number of aliphatic imine (C=N–C) groups is 1. The Bertz CT molecular complexity index is 783. The molecule has 0 bridgehead atoms. The van der Waals surface area contributed by atoms with E-state index in [0.717, 1.165) is 29.5 Å². The number of nitrogens with one attached hydrogen (secondary N) is 2. The van der Waals surface area contributed by atoms with E-state index in [9.17, 15) is 4.79 Å². The number of esters is 1. The second kappa shape index (κ2) is 10.1. The highest BCUT2D eigenvalue weighted by Crippen LogP contribution is 2.24. The molecular weight excluding hydrogens is 364 g/mol. The number of carbonyl (C=O) groups is 1. The van der Waals surface area contributed by atoms with E-state index in [4.69, 9.17) is 4.74 Å². The predicted molar refractivity (Wildman–Crippen MR) is 107 cm³/mol. The van der Waals surface area contributed by atoms with E-state index in [1.807, 2.05) is 40.2 Å². The smallest absolute Gasteiger partial charge is 0.350 e. The summed E-state index contributed by atoms with van der Waals surface area (Å²) in [6.45, 7) is 9.41. The second-order valence-electron chi connectivity index (χ2n) is 6.09. The maximum atomic E-state index is 12.0. The molecule has 0 aliphatic rings. The Kier molecular flexibility index (Phi) is 7.78. The molecular formula is C18H28N6O2S. The summed E-state index contributed by atoms with van der Waals surface area (Å²) in [5.41, 5.74) is 1.85. The van der Waals surface area contributed by atoms with Gasteiger partial charge in [-0.2, -0.15) is 5.10 Å². The fraction of sp³-hybridized carbons (Fsp3) is 0.556. The largest absolute Gasteiger partial charge is 0.462 e. The van der Waals surface area contributed by atoms with E-state index in [1.165, 1.54) is 11.3 Å². The normalized spacial score (nSPS) is 12.7. The third-order valence-electron chi connectivity index (χ3n) is 3.77. The van der Waals surface area contributed by atoms with Crippen LogP contribution in [-0.4, -0.2) is 46.4 Å². The lowest BCUT2D eigenvalue weighted by Crippen LogP contribution is -2.38. The van der Waals surface area contributed by atoms with Crippen LogP contribution in [0.5, 0.6) is 0 Å². The van der Waals surface area contributed by atoms with Gasteiger partial charge in [-0.3, -0.25) is 9.67 Å². The van der Waals surface area contributed by atoms with Gasteiger partial charge in [0.1, 0.15) is 9.88 Å². The Morgan fingerprint density at radius 2 is 2.22 bits per heavy atom. The fourth-order valence-electron chi connectivity index (χ4n) is 2.47. The highest BCUT2D eigenvalue weighted by atomic mass is 32.1. The highest BCUT2D eigenvalue weighted by Gasteiger charge is 2.20. The summed E-state index contributed by atoms with van der Waals surface area (Å²) < 4.78 is 6.87. The number of nitrogens with zero attached hydrogens (tertiary/aromatic N) is 4. The van der Waals surface area contributed by atoms with Crippen LogP contribution in [0, 0.1) is 6.92 Å². The molecule has 0 spiro atoms. The van der Waals surface area contributed by atoms with Gasteiger partial charge in [0.15, 0.2) is 5.96 Å². The molecule has 0 aromatic carbocycles. The zero-order valence-electron chi connectivity index (χ0n) is 16.6. The molecule has 2 aromatic rings. The minimum atomic E-state index is -0.317. The van der Waals surface area contributed by atoms with Crippen molar-refractivity contribution >= 4 is 23.3 Å². The molecule has 0 aliphatic carbocycles. The first-order valence-corrected chi connectivity index (χ1v) is 9.93. The topological polar surface area (TPSA) is 93.4 Å². The Balaban J connectivity index is 2.01. The van der Waals surface area contributed by atoms with Gasteiger partial charge in [0, 0.05) is 26.3 Å². The maximum absolute atomic E-state index is 12.0. The summed E-state index contributed by atoms with van der Waals surface area (Å²) in [6, 6.07) is -0.0759. The summed E-state index contributed by atoms with van der Waals surface area (Å²) >= 11 is 1.36. The van der Waals surface area contributed by atoms with Crippen molar-refractivity contribution in [2.24, 2.45) is 12.0 Å².